The van der Waals surface area contributed by atoms with Gasteiger partial charge in [-0.25, -0.2) is 0 Å². The molecular formula is C20H16F5NO2S. The lowest BCUT2D eigenvalue weighted by atomic mass is 9.81. The van der Waals surface area contributed by atoms with Crippen LogP contribution in [0.5, 0.6) is 5.75 Å². The quantitative estimate of drug-likeness (QED) is 0.509. The Morgan fingerprint density at radius 2 is 1.69 bits per heavy atom. The Balaban J connectivity index is 2.08. The fourth-order valence-electron chi connectivity index (χ4n) is 3.04. The van der Waals surface area contributed by atoms with Crippen LogP contribution in [0, 0.1) is 0 Å². The van der Waals surface area contributed by atoms with Crippen molar-refractivity contribution >= 4 is 28.7 Å². The van der Waals surface area contributed by atoms with Crippen molar-refractivity contribution in [3.8, 4) is 5.75 Å². The van der Waals surface area contributed by atoms with Crippen LogP contribution in [0.15, 0.2) is 48.5 Å². The number of Topliss-reactive ketones (excluding diaryl/α,β-unsaturated/α-hetero) is 1. The molecule has 0 spiro atoms. The number of fused-ring (bicyclic) bond motifs is 1. The molecule has 1 unspecified atom stereocenters. The molecule has 1 aliphatic heterocycles. The number of carbonyl (C=O) groups is 1. The Morgan fingerprint density at radius 1 is 1.07 bits per heavy atom. The number of hydrogen-bond donors (Lipinski definition) is 1. The maximum Gasteiger partial charge on any atom is 0.458 e. The standard InChI is InChI=1S/C20H16F5NO2S/c1-18(2)16(27)15(17(29)26-12-6-4-3-5-7-12)13-10-11(8-9-14(13)28-18)19(21,22)20(23,24)25/h3-10,15H,1-2H3,(H,26,29). The molecule has 0 bridgehead atoms. The summed E-state index contributed by atoms with van der Waals surface area (Å²) in [4.78, 5) is 12.9. The average Bonchev–Trinajstić information content (AvgIpc) is 2.62. The second-order valence-corrected chi connectivity index (χ2v) is 7.53. The van der Waals surface area contributed by atoms with Crippen molar-refractivity contribution in [2.45, 2.75) is 37.5 Å². The Hall–Kier alpha value is -2.55. The Labute approximate surface area is 168 Å². The first-order chi connectivity index (χ1) is 13.3. The number of nitrogens with one attached hydrogen (secondary N) is 1. The molecule has 1 N–H and O–H groups in total. The summed E-state index contributed by atoms with van der Waals surface area (Å²) >= 11 is 5.32. The number of thiocarbonyl (C=S) groups is 1. The van der Waals surface area contributed by atoms with E-state index in [9.17, 15) is 26.7 Å². The molecule has 9 heteroatoms. The summed E-state index contributed by atoms with van der Waals surface area (Å²) in [5.74, 6) is -6.85. The van der Waals surface area contributed by atoms with Gasteiger partial charge in [0.15, 0.2) is 11.4 Å². The minimum atomic E-state index is -5.78. The number of halogens is 5. The van der Waals surface area contributed by atoms with E-state index in [1.54, 1.807) is 30.3 Å². The molecule has 0 fully saturated rings. The highest BCUT2D eigenvalue weighted by atomic mass is 32.1. The molecule has 0 amide bonds. The van der Waals surface area contributed by atoms with Crippen LogP contribution in [0.25, 0.3) is 0 Å². The van der Waals surface area contributed by atoms with Gasteiger partial charge in [-0.3, -0.25) is 4.79 Å². The largest absolute Gasteiger partial charge is 0.480 e. The first kappa shape index (κ1) is 21.2. The van der Waals surface area contributed by atoms with E-state index in [2.05, 4.69) is 5.32 Å². The lowest BCUT2D eigenvalue weighted by Crippen LogP contribution is -2.48. The Kier molecular flexibility index (Phi) is 5.15. The van der Waals surface area contributed by atoms with Crippen LogP contribution in [0.1, 0.15) is 30.9 Å². The van der Waals surface area contributed by atoms with Crippen molar-refractivity contribution in [3.05, 3.63) is 59.7 Å². The van der Waals surface area contributed by atoms with Crippen LogP contribution in [-0.2, 0) is 10.7 Å². The monoisotopic (exact) mass is 429 g/mol. The molecule has 0 aliphatic carbocycles. The number of ether oxygens (including phenoxy) is 1. The fraction of sp³-hybridized carbons (Fsp3) is 0.300. The second-order valence-electron chi connectivity index (χ2n) is 7.09. The van der Waals surface area contributed by atoms with Gasteiger partial charge in [0.1, 0.15) is 11.7 Å². The molecule has 3 rings (SSSR count). The van der Waals surface area contributed by atoms with Crippen molar-refractivity contribution in [2.24, 2.45) is 0 Å². The molecule has 2 aromatic carbocycles. The number of carbonyl (C=O) groups excluding carboxylic acids is 1. The van der Waals surface area contributed by atoms with Gasteiger partial charge >= 0.3 is 12.1 Å². The van der Waals surface area contributed by atoms with E-state index in [1.165, 1.54) is 13.8 Å². The molecule has 0 radical (unpaired) electrons. The van der Waals surface area contributed by atoms with E-state index in [0.29, 0.717) is 17.8 Å². The molecule has 1 heterocycles. The highest BCUT2D eigenvalue weighted by molar-refractivity contribution is 7.80. The maximum absolute atomic E-state index is 13.9. The summed E-state index contributed by atoms with van der Waals surface area (Å²) < 4.78 is 71.7. The predicted molar refractivity (Wildman–Crippen MR) is 102 cm³/mol. The van der Waals surface area contributed by atoms with Crippen LogP contribution in [0.3, 0.4) is 0 Å². The van der Waals surface area contributed by atoms with Gasteiger partial charge < -0.3 is 10.1 Å². The lowest BCUT2D eigenvalue weighted by Gasteiger charge is -2.37. The van der Waals surface area contributed by atoms with E-state index in [-0.39, 0.29) is 16.3 Å². The second kappa shape index (κ2) is 7.05. The summed E-state index contributed by atoms with van der Waals surface area (Å²) in [6, 6.07) is 10.8. The SMILES string of the molecule is CC1(C)Oc2ccc(C(F)(F)C(F)(F)F)cc2C(C(=S)Nc2ccccc2)C1=O. The van der Waals surface area contributed by atoms with Gasteiger partial charge in [-0.1, -0.05) is 30.4 Å². The van der Waals surface area contributed by atoms with Gasteiger partial charge in [0.2, 0.25) is 0 Å². The van der Waals surface area contributed by atoms with E-state index in [0.717, 1.165) is 6.07 Å². The molecule has 1 atom stereocenters. The number of para-hydroxylation sites is 1. The zero-order chi connectivity index (χ0) is 21.6. The van der Waals surface area contributed by atoms with Crippen molar-refractivity contribution in [3.63, 3.8) is 0 Å². The summed E-state index contributed by atoms with van der Waals surface area (Å²) in [5, 5.41) is 2.85. The molecule has 0 saturated carbocycles. The Bertz CT molecular complexity index is 957. The van der Waals surface area contributed by atoms with Crippen LogP contribution < -0.4 is 10.1 Å². The van der Waals surface area contributed by atoms with Gasteiger partial charge in [0.25, 0.3) is 0 Å². The molecule has 2 aromatic rings. The van der Waals surface area contributed by atoms with Crippen molar-refractivity contribution in [1.29, 1.82) is 0 Å². The third-order valence-electron chi connectivity index (χ3n) is 4.56. The third-order valence-corrected chi connectivity index (χ3v) is 4.90. The average molecular weight is 429 g/mol. The van der Waals surface area contributed by atoms with Gasteiger partial charge in [0.05, 0.1) is 4.99 Å². The number of ketones is 1. The molecule has 29 heavy (non-hydrogen) atoms. The Morgan fingerprint density at radius 3 is 2.28 bits per heavy atom. The summed E-state index contributed by atoms with van der Waals surface area (Å²) in [6.45, 7) is 2.96. The minimum absolute atomic E-state index is 0.0219. The van der Waals surface area contributed by atoms with Crippen LogP contribution in [0.4, 0.5) is 27.6 Å². The van der Waals surface area contributed by atoms with Crippen molar-refractivity contribution in [2.75, 3.05) is 5.32 Å². The molecule has 0 aromatic heterocycles. The molecule has 0 saturated heterocycles. The number of rotatable bonds is 3. The number of benzene rings is 2. The number of alkyl halides is 5. The smallest absolute Gasteiger partial charge is 0.458 e. The predicted octanol–water partition coefficient (Wildman–Crippen LogP) is 5.60. The van der Waals surface area contributed by atoms with Crippen molar-refractivity contribution in [1.82, 2.24) is 0 Å². The topological polar surface area (TPSA) is 38.3 Å². The minimum Gasteiger partial charge on any atom is -0.480 e. The van der Waals surface area contributed by atoms with Crippen LogP contribution in [-0.4, -0.2) is 22.5 Å². The highest BCUT2D eigenvalue weighted by Crippen LogP contribution is 2.47. The zero-order valence-electron chi connectivity index (χ0n) is 15.3. The van der Waals surface area contributed by atoms with Gasteiger partial charge in [-0.15, -0.1) is 0 Å². The van der Waals surface area contributed by atoms with Crippen LogP contribution in [0.2, 0.25) is 0 Å². The van der Waals surface area contributed by atoms with Gasteiger partial charge in [-0.05, 0) is 44.2 Å². The van der Waals surface area contributed by atoms with E-state index < -0.39 is 35.0 Å². The molecule has 3 nitrogen and oxygen atoms in total. The van der Waals surface area contributed by atoms with Gasteiger partial charge in [0, 0.05) is 16.8 Å². The lowest BCUT2D eigenvalue weighted by molar-refractivity contribution is -0.289. The summed E-state index contributed by atoms with van der Waals surface area (Å²) in [7, 11) is 0. The highest BCUT2D eigenvalue weighted by Gasteiger charge is 2.59. The first-order valence-corrected chi connectivity index (χ1v) is 8.93. The number of hydrogen-bond acceptors (Lipinski definition) is 3. The van der Waals surface area contributed by atoms with E-state index in [1.807, 2.05) is 0 Å². The van der Waals surface area contributed by atoms with E-state index in [4.69, 9.17) is 17.0 Å². The van der Waals surface area contributed by atoms with E-state index >= 15 is 0 Å². The van der Waals surface area contributed by atoms with Crippen LogP contribution >= 0.6 is 12.2 Å². The fourth-order valence-corrected chi connectivity index (χ4v) is 3.39. The molecule has 1 aliphatic rings. The molecular weight excluding hydrogens is 413 g/mol. The zero-order valence-corrected chi connectivity index (χ0v) is 16.1. The first-order valence-electron chi connectivity index (χ1n) is 8.53. The van der Waals surface area contributed by atoms with Gasteiger partial charge in [-0.2, -0.15) is 22.0 Å². The molecule has 154 valence electrons. The summed E-state index contributed by atoms with van der Waals surface area (Å²) in [5.41, 5.74) is -2.21. The maximum atomic E-state index is 13.9. The third kappa shape index (κ3) is 3.83. The normalized spacial score (nSPS) is 18.6. The summed E-state index contributed by atoms with van der Waals surface area (Å²) in [6.07, 6.45) is -5.78. The van der Waals surface area contributed by atoms with Crippen molar-refractivity contribution < 1.29 is 31.5 Å². The number of anilines is 1.